The summed E-state index contributed by atoms with van der Waals surface area (Å²) in [6.45, 7) is 4.84. The highest BCUT2D eigenvalue weighted by Crippen LogP contribution is 2.66. The highest BCUT2D eigenvalue weighted by molar-refractivity contribution is 6.02. The molecule has 0 saturated heterocycles. The lowest BCUT2D eigenvalue weighted by Gasteiger charge is -2.31. The van der Waals surface area contributed by atoms with E-state index in [1.54, 1.807) is 0 Å². The lowest BCUT2D eigenvalue weighted by Crippen LogP contribution is -2.26. The minimum absolute atomic E-state index is 0.114. The summed E-state index contributed by atoms with van der Waals surface area (Å²) in [5.74, 6) is 0. The predicted molar refractivity (Wildman–Crippen MR) is 226 cm³/mol. The Morgan fingerprint density at radius 3 is 1.67 bits per heavy atom. The van der Waals surface area contributed by atoms with E-state index in [-0.39, 0.29) is 5.41 Å². The van der Waals surface area contributed by atoms with E-state index in [1.807, 2.05) is 0 Å². The number of rotatable bonds is 2. The van der Waals surface area contributed by atoms with Crippen LogP contribution in [0.1, 0.15) is 47.2 Å². The third-order valence-corrected chi connectivity index (χ3v) is 13.0. The molecule has 0 aliphatic heterocycles. The van der Waals surface area contributed by atoms with Crippen LogP contribution in [0.2, 0.25) is 0 Å². The van der Waals surface area contributed by atoms with Crippen molar-refractivity contribution in [1.29, 1.82) is 0 Å². The van der Waals surface area contributed by atoms with E-state index in [0.29, 0.717) is 0 Å². The quantitative estimate of drug-likeness (QED) is 0.170. The molecule has 0 aromatic heterocycles. The van der Waals surface area contributed by atoms with Gasteiger partial charge in [-0.15, -0.1) is 0 Å². The van der Waals surface area contributed by atoms with Crippen molar-refractivity contribution in [2.24, 2.45) is 0 Å². The van der Waals surface area contributed by atoms with Crippen LogP contribution in [0.3, 0.4) is 0 Å². The molecular formula is C54H36. The van der Waals surface area contributed by atoms with Crippen LogP contribution in [0.25, 0.3) is 77.2 Å². The van der Waals surface area contributed by atoms with Gasteiger partial charge in [0.15, 0.2) is 0 Å². The van der Waals surface area contributed by atoms with Crippen LogP contribution in [0.5, 0.6) is 0 Å². The minimum atomic E-state index is -0.405. The summed E-state index contributed by atoms with van der Waals surface area (Å²) >= 11 is 0. The zero-order valence-corrected chi connectivity index (χ0v) is 30.3. The van der Waals surface area contributed by atoms with Gasteiger partial charge >= 0.3 is 0 Å². The second-order valence-corrected chi connectivity index (χ2v) is 16.0. The van der Waals surface area contributed by atoms with Gasteiger partial charge in [-0.25, -0.2) is 0 Å². The van der Waals surface area contributed by atoms with E-state index in [9.17, 15) is 0 Å². The molecular weight excluding hydrogens is 649 g/mol. The zero-order valence-electron chi connectivity index (χ0n) is 30.3. The van der Waals surface area contributed by atoms with Gasteiger partial charge in [0.2, 0.25) is 0 Å². The second kappa shape index (κ2) is 10.6. The molecule has 1 unspecified atom stereocenters. The van der Waals surface area contributed by atoms with E-state index in [4.69, 9.17) is 0 Å². The van der Waals surface area contributed by atoms with E-state index >= 15 is 0 Å². The first-order valence-electron chi connectivity index (χ1n) is 19.2. The highest BCUT2D eigenvalue weighted by Gasteiger charge is 2.54. The van der Waals surface area contributed by atoms with E-state index in [2.05, 4.69) is 196 Å². The lowest BCUT2D eigenvalue weighted by molar-refractivity contribution is 0.660. The van der Waals surface area contributed by atoms with Crippen molar-refractivity contribution in [2.75, 3.05) is 0 Å². The Kier molecular flexibility index (Phi) is 5.87. The van der Waals surface area contributed by atoms with Crippen LogP contribution in [0.4, 0.5) is 0 Å². The van der Waals surface area contributed by atoms with Crippen LogP contribution in [0, 0.1) is 0 Å². The molecule has 0 heteroatoms. The number of hydrogen-bond donors (Lipinski definition) is 0. The fraction of sp³-hybridized carbons (Fsp3) is 0.0741. The third-order valence-electron chi connectivity index (χ3n) is 13.0. The Morgan fingerprint density at radius 1 is 0.315 bits per heavy atom. The Morgan fingerprint density at radius 2 is 0.852 bits per heavy atom. The van der Waals surface area contributed by atoms with Gasteiger partial charge in [-0.2, -0.15) is 0 Å². The van der Waals surface area contributed by atoms with Crippen molar-refractivity contribution >= 4 is 21.5 Å². The Balaban J connectivity index is 1.06. The maximum Gasteiger partial charge on any atom is 0.0725 e. The third kappa shape index (κ3) is 3.73. The monoisotopic (exact) mass is 684 g/mol. The maximum atomic E-state index is 2.51. The van der Waals surface area contributed by atoms with Gasteiger partial charge in [-0.05, 0) is 129 Å². The van der Waals surface area contributed by atoms with Crippen molar-refractivity contribution in [2.45, 2.75) is 24.7 Å². The molecule has 0 radical (unpaired) electrons. The largest absolute Gasteiger partial charge is 0.0725 e. The topological polar surface area (TPSA) is 0 Å². The summed E-state index contributed by atoms with van der Waals surface area (Å²) in [6, 6.07) is 68.8. The maximum absolute atomic E-state index is 2.51. The Labute approximate surface area is 316 Å². The van der Waals surface area contributed by atoms with Crippen molar-refractivity contribution in [3.05, 3.63) is 215 Å². The molecule has 0 bridgehead atoms. The Hall–Kier alpha value is -6.50. The molecule has 0 nitrogen and oxygen atoms in total. The molecule has 0 amide bonds. The van der Waals surface area contributed by atoms with Crippen molar-refractivity contribution in [1.82, 2.24) is 0 Å². The van der Waals surface area contributed by atoms with Crippen LogP contribution >= 0.6 is 0 Å². The van der Waals surface area contributed by atoms with Gasteiger partial charge < -0.3 is 0 Å². The molecule has 3 aliphatic carbocycles. The molecule has 0 fully saturated rings. The van der Waals surface area contributed by atoms with Gasteiger partial charge in [-0.3, -0.25) is 0 Å². The number of fused-ring (bicyclic) bond motifs is 16. The average molecular weight is 685 g/mol. The van der Waals surface area contributed by atoms with E-state index in [1.165, 1.54) is 111 Å². The smallest absolute Gasteiger partial charge is 0.0619 e. The van der Waals surface area contributed by atoms with Crippen LogP contribution in [-0.2, 0) is 10.8 Å². The average Bonchev–Trinajstić information content (AvgIpc) is 3.78. The van der Waals surface area contributed by atoms with Crippen LogP contribution < -0.4 is 0 Å². The minimum Gasteiger partial charge on any atom is -0.0619 e. The normalized spacial score (nSPS) is 16.6. The lowest BCUT2D eigenvalue weighted by atomic mass is 9.69. The summed E-state index contributed by atoms with van der Waals surface area (Å²) in [7, 11) is 0. The molecule has 3 aliphatic rings. The molecule has 12 rings (SSSR count). The SMILES string of the molecule is CC1(C)c2ccccc2-c2ccc3c(c21)-c1ccccc1C31c2ccccc2-c2ccc(-c3ccc4cc(-c5cccc6ccccc56)ccc4c3)cc21. The molecule has 9 aromatic carbocycles. The molecule has 0 heterocycles. The fourth-order valence-corrected chi connectivity index (χ4v) is 10.7. The van der Waals surface area contributed by atoms with Gasteiger partial charge in [0.25, 0.3) is 0 Å². The zero-order chi connectivity index (χ0) is 35.8. The molecule has 54 heavy (non-hydrogen) atoms. The van der Waals surface area contributed by atoms with Crippen LogP contribution in [0.15, 0.2) is 182 Å². The first kappa shape index (κ1) is 30.0. The molecule has 1 spiro atoms. The van der Waals surface area contributed by atoms with E-state index in [0.717, 1.165) is 0 Å². The van der Waals surface area contributed by atoms with Crippen LogP contribution in [-0.4, -0.2) is 0 Å². The van der Waals surface area contributed by atoms with Crippen molar-refractivity contribution in [3.8, 4) is 55.6 Å². The summed E-state index contributed by atoms with van der Waals surface area (Å²) in [5.41, 5.74) is 21.2. The Bertz CT molecular complexity index is 3080. The highest BCUT2D eigenvalue weighted by atomic mass is 14.5. The number of benzene rings is 9. The number of hydrogen-bond acceptors (Lipinski definition) is 0. The molecule has 252 valence electrons. The van der Waals surface area contributed by atoms with Gasteiger partial charge in [0.05, 0.1) is 5.41 Å². The summed E-state index contributed by atoms with van der Waals surface area (Å²) in [6.07, 6.45) is 0. The summed E-state index contributed by atoms with van der Waals surface area (Å²) in [5, 5.41) is 5.07. The summed E-state index contributed by atoms with van der Waals surface area (Å²) < 4.78 is 0. The van der Waals surface area contributed by atoms with Gasteiger partial charge in [-0.1, -0.05) is 178 Å². The van der Waals surface area contributed by atoms with Gasteiger partial charge in [0, 0.05) is 5.41 Å². The first-order valence-corrected chi connectivity index (χ1v) is 19.2. The first-order chi connectivity index (χ1) is 26.5. The predicted octanol–water partition coefficient (Wildman–Crippen LogP) is 14.0. The molecule has 0 N–H and O–H groups in total. The second-order valence-electron chi connectivity index (χ2n) is 16.0. The van der Waals surface area contributed by atoms with Crippen molar-refractivity contribution < 1.29 is 0 Å². The fourth-order valence-electron chi connectivity index (χ4n) is 10.7. The van der Waals surface area contributed by atoms with Crippen molar-refractivity contribution in [3.63, 3.8) is 0 Å². The summed E-state index contributed by atoms with van der Waals surface area (Å²) in [4.78, 5) is 0. The van der Waals surface area contributed by atoms with E-state index < -0.39 is 5.41 Å². The molecule has 0 saturated carbocycles. The molecule has 1 atom stereocenters. The molecule has 9 aromatic rings. The standard InChI is InChI=1S/C54H36/c1-53(2)46-19-8-5-16-42(46)44-28-29-49-51(52(44)53)45-17-7-10-21-48(45)54(49)47-20-9-6-15-41(47)43-27-26-37(32-50(43)54)35-22-23-36-31-38(25-24-34(36)30-35)40-18-11-13-33-12-3-4-14-39(33)40/h3-32H,1-2H3. The van der Waals surface area contributed by atoms with Gasteiger partial charge in [0.1, 0.15) is 0 Å².